The molecule has 0 unspecified atom stereocenters. The van der Waals surface area contributed by atoms with E-state index in [1.807, 2.05) is 120 Å². The summed E-state index contributed by atoms with van der Waals surface area (Å²) in [5.74, 6) is 0. The summed E-state index contributed by atoms with van der Waals surface area (Å²) in [6.07, 6.45) is 0.833. The van der Waals surface area contributed by atoms with Crippen molar-refractivity contribution in [1.29, 1.82) is 0 Å². The minimum absolute atomic E-state index is 0. The monoisotopic (exact) mass is 533 g/mol. The van der Waals surface area contributed by atoms with Gasteiger partial charge in [0.05, 0.1) is 0 Å². The number of nitrogens with two attached hydrogens (primary N) is 1. The molecule has 33 heavy (non-hydrogen) atoms. The fourth-order valence-electron chi connectivity index (χ4n) is 1.46. The van der Waals surface area contributed by atoms with Crippen molar-refractivity contribution in [3.63, 3.8) is 0 Å². The molecule has 0 aliphatic carbocycles. The second-order valence-electron chi connectivity index (χ2n) is 4.42. The van der Waals surface area contributed by atoms with Gasteiger partial charge in [-0.2, -0.15) is 24.6 Å². The fourth-order valence-corrected chi connectivity index (χ4v) is 1.46. The molecule has 3 aromatic carbocycles. The third kappa shape index (κ3) is 40.9. The molecule has 4 N–H and O–H groups in total. The Morgan fingerprint density at radius 1 is 0.606 bits per heavy atom. The quantitative estimate of drug-likeness (QED) is 0.180. The Balaban J connectivity index is -0.0000000688. The second kappa shape index (κ2) is 47.7. The minimum Gasteiger partial charge on any atom is -0.400 e. The number of aliphatic hydroxyl groups excluding tert-OH is 2. The maximum Gasteiger partial charge on any atom is 0.150 e. The molecule has 0 fully saturated rings. The van der Waals surface area contributed by atoms with E-state index in [0.29, 0.717) is 0 Å². The van der Waals surface area contributed by atoms with Gasteiger partial charge < -0.3 is 15.9 Å². The molecule has 3 aromatic rings. The Kier molecular flexibility index (Phi) is 64.6. The number of benzene rings is 3. The van der Waals surface area contributed by atoms with Gasteiger partial charge in [-0.05, 0) is 12.1 Å². The summed E-state index contributed by atoms with van der Waals surface area (Å²) in [6, 6.07) is 28.5. The summed E-state index contributed by atoms with van der Waals surface area (Å²) in [7, 11) is 2.00. The van der Waals surface area contributed by atoms with Crippen LogP contribution in [-0.4, -0.2) is 30.7 Å². The average molecular weight is 534 g/mol. The first-order valence-corrected chi connectivity index (χ1v) is 10.8. The number of anilines is 1. The van der Waals surface area contributed by atoms with Crippen molar-refractivity contribution in [2.24, 2.45) is 0 Å². The van der Waals surface area contributed by atoms with Crippen LogP contribution in [0, 0.1) is 6.92 Å². The standard InChI is InChI=1S/C7H6O.C7H7.C6H7N.3C2H6.2CH4O.Y/c8-6-7-4-2-1-3-5-7;1-7-5-3-2-4-6-7;7-6-4-2-1-3-5-6;5*1-2;/h1-6H;2-6H,1H2;1-5H,7H2;3*1-2H3;2*2H,1H3;/q;-1;;;;;;;. The zero-order valence-electron chi connectivity index (χ0n) is 21.9. The van der Waals surface area contributed by atoms with E-state index in [1.165, 1.54) is 0 Å². The SMILES string of the molecule is CC.CC.CC.CO.CO.Nc1ccccc1.O=Cc1ccccc1.[CH2-]c1ccccc1.[Y]. The van der Waals surface area contributed by atoms with Crippen LogP contribution in [0.5, 0.6) is 0 Å². The van der Waals surface area contributed by atoms with E-state index >= 15 is 0 Å². The Bertz CT molecular complexity index is 600. The fraction of sp³-hybridized carbons (Fsp3) is 0.286. The zero-order chi connectivity index (χ0) is 26.0. The predicted octanol–water partition coefficient (Wildman–Crippen LogP) is 6.93. The molecule has 4 nitrogen and oxygen atoms in total. The van der Waals surface area contributed by atoms with Crippen LogP contribution < -0.4 is 5.73 Å². The van der Waals surface area contributed by atoms with Gasteiger partial charge >= 0.3 is 0 Å². The van der Waals surface area contributed by atoms with E-state index in [4.69, 9.17) is 15.9 Å². The van der Waals surface area contributed by atoms with Gasteiger partial charge in [0.25, 0.3) is 0 Å². The molecule has 0 aliphatic heterocycles. The van der Waals surface area contributed by atoms with E-state index < -0.39 is 0 Å². The summed E-state index contributed by atoms with van der Waals surface area (Å²) in [5.41, 5.74) is 7.98. The summed E-state index contributed by atoms with van der Waals surface area (Å²) in [6.45, 7) is 15.7. The van der Waals surface area contributed by atoms with Crippen LogP contribution in [0.4, 0.5) is 5.69 Å². The molecular formula is C28H46NO3Y-. The van der Waals surface area contributed by atoms with Crippen molar-refractivity contribution in [3.05, 3.63) is 109 Å². The van der Waals surface area contributed by atoms with Crippen molar-refractivity contribution in [2.45, 2.75) is 41.5 Å². The van der Waals surface area contributed by atoms with Crippen LogP contribution in [-0.2, 0) is 32.7 Å². The molecule has 0 saturated heterocycles. The van der Waals surface area contributed by atoms with Gasteiger partial charge in [0.1, 0.15) is 6.29 Å². The third-order valence-electron chi connectivity index (χ3n) is 2.58. The smallest absolute Gasteiger partial charge is 0.150 e. The van der Waals surface area contributed by atoms with Gasteiger partial charge in [-0.15, -0.1) is 12.1 Å². The molecule has 0 aliphatic rings. The first-order chi connectivity index (χ1) is 15.7. The molecule has 0 aromatic heterocycles. The minimum atomic E-state index is 0. The van der Waals surface area contributed by atoms with Crippen LogP contribution in [0.2, 0.25) is 0 Å². The van der Waals surface area contributed by atoms with Gasteiger partial charge in [-0.3, -0.25) is 4.79 Å². The number of hydrogen-bond acceptors (Lipinski definition) is 4. The molecular weight excluding hydrogens is 487 g/mol. The Morgan fingerprint density at radius 3 is 1.03 bits per heavy atom. The van der Waals surface area contributed by atoms with E-state index in [9.17, 15) is 4.79 Å². The van der Waals surface area contributed by atoms with E-state index in [2.05, 4.69) is 6.92 Å². The largest absolute Gasteiger partial charge is 0.400 e. The normalized spacial score (nSPS) is 6.61. The molecule has 0 spiro atoms. The van der Waals surface area contributed by atoms with Gasteiger partial charge in [-0.25, -0.2) is 0 Å². The number of aliphatic hydroxyl groups is 2. The number of para-hydroxylation sites is 1. The number of rotatable bonds is 1. The Morgan fingerprint density at radius 2 is 0.879 bits per heavy atom. The van der Waals surface area contributed by atoms with Gasteiger partial charge in [0, 0.05) is 58.2 Å². The summed E-state index contributed by atoms with van der Waals surface area (Å²) < 4.78 is 0. The number of carbonyl (C=O) groups excluding carboxylic acids is 1. The van der Waals surface area contributed by atoms with Crippen molar-refractivity contribution in [3.8, 4) is 0 Å². The zero-order valence-corrected chi connectivity index (χ0v) is 24.7. The van der Waals surface area contributed by atoms with Crippen LogP contribution in [0.15, 0.2) is 91.0 Å². The van der Waals surface area contributed by atoms with Crippen LogP contribution in [0.1, 0.15) is 57.5 Å². The number of nitrogen functional groups attached to an aromatic ring is 1. The Hall–Kier alpha value is -1.98. The summed E-state index contributed by atoms with van der Waals surface area (Å²) >= 11 is 0. The molecule has 3 rings (SSSR count). The van der Waals surface area contributed by atoms with E-state index in [-0.39, 0.29) is 32.7 Å². The molecule has 0 atom stereocenters. The summed E-state index contributed by atoms with van der Waals surface area (Å²) in [4.78, 5) is 10.0. The molecule has 0 heterocycles. The molecule has 5 heteroatoms. The maximum absolute atomic E-state index is 10.0. The van der Waals surface area contributed by atoms with E-state index in [1.54, 1.807) is 12.1 Å². The van der Waals surface area contributed by atoms with Crippen LogP contribution in [0.3, 0.4) is 0 Å². The Labute approximate surface area is 229 Å². The third-order valence-corrected chi connectivity index (χ3v) is 2.58. The second-order valence-corrected chi connectivity index (χ2v) is 4.42. The van der Waals surface area contributed by atoms with Crippen molar-refractivity contribution in [1.82, 2.24) is 0 Å². The van der Waals surface area contributed by atoms with Crippen molar-refractivity contribution in [2.75, 3.05) is 20.0 Å². The van der Waals surface area contributed by atoms with Crippen molar-refractivity contribution >= 4 is 12.0 Å². The number of hydrogen-bond donors (Lipinski definition) is 3. The van der Waals surface area contributed by atoms with Crippen LogP contribution in [0.25, 0.3) is 0 Å². The number of aldehydes is 1. The average Bonchev–Trinajstić information content (AvgIpc) is 2.92. The van der Waals surface area contributed by atoms with Gasteiger partial charge in [0.2, 0.25) is 0 Å². The molecule has 185 valence electrons. The molecule has 0 amide bonds. The molecule has 1 radical (unpaired) electrons. The van der Waals surface area contributed by atoms with Gasteiger partial charge in [-0.1, -0.05) is 96.1 Å². The summed E-state index contributed by atoms with van der Waals surface area (Å²) in [5, 5.41) is 14.0. The van der Waals surface area contributed by atoms with Crippen LogP contribution >= 0.6 is 0 Å². The number of carbonyl (C=O) groups is 1. The first kappa shape index (κ1) is 44.7. The van der Waals surface area contributed by atoms with E-state index in [0.717, 1.165) is 37.3 Å². The molecule has 0 bridgehead atoms. The topological polar surface area (TPSA) is 83.6 Å². The molecule has 0 saturated carbocycles. The first-order valence-electron chi connectivity index (χ1n) is 10.8. The maximum atomic E-state index is 10.0. The van der Waals surface area contributed by atoms with Gasteiger partial charge in [0.15, 0.2) is 0 Å². The van der Waals surface area contributed by atoms with Crippen molar-refractivity contribution < 1.29 is 47.7 Å². The predicted molar refractivity (Wildman–Crippen MR) is 144 cm³/mol.